The van der Waals surface area contributed by atoms with Gasteiger partial charge in [0.25, 0.3) is 0 Å². The summed E-state index contributed by atoms with van der Waals surface area (Å²) in [6.07, 6.45) is 1.11. The van der Waals surface area contributed by atoms with Crippen molar-refractivity contribution < 1.29 is 14.7 Å². The number of hydrogen-bond acceptors (Lipinski definition) is 4. The maximum absolute atomic E-state index is 11.3. The van der Waals surface area contributed by atoms with Gasteiger partial charge in [-0.05, 0) is 24.6 Å². The van der Waals surface area contributed by atoms with Crippen LogP contribution in [-0.4, -0.2) is 33.8 Å². The predicted molar refractivity (Wildman–Crippen MR) is 59.3 cm³/mol. The first-order valence-corrected chi connectivity index (χ1v) is 4.97. The molecule has 88 valence electrons. The van der Waals surface area contributed by atoms with Crippen LogP contribution in [0.25, 0.3) is 6.08 Å². The van der Waals surface area contributed by atoms with Crippen LogP contribution >= 0.6 is 0 Å². The molecule has 1 aromatic rings. The largest absolute Gasteiger partial charge is 0.465 e. The second kappa shape index (κ2) is 4.60. The van der Waals surface area contributed by atoms with Crippen LogP contribution in [0.5, 0.6) is 0 Å². The number of carbonyl (C=O) groups is 2. The lowest BCUT2D eigenvalue weighted by molar-refractivity contribution is -0.116. The zero-order valence-corrected chi connectivity index (χ0v) is 8.80. The number of carboxylic acid groups (broad SMARTS) is 1. The lowest BCUT2D eigenvalue weighted by Crippen LogP contribution is -2.14. The second-order valence-electron chi connectivity index (χ2n) is 3.45. The van der Waals surface area contributed by atoms with Gasteiger partial charge in [0.1, 0.15) is 0 Å². The highest BCUT2D eigenvalue weighted by Crippen LogP contribution is 2.12. The minimum Gasteiger partial charge on any atom is -0.465 e. The third kappa shape index (κ3) is 2.77. The molecular formula is C10H10N4O3. The molecule has 0 spiro atoms. The van der Waals surface area contributed by atoms with Gasteiger partial charge in [-0.1, -0.05) is 0 Å². The van der Waals surface area contributed by atoms with Crippen molar-refractivity contribution >= 4 is 23.9 Å². The molecule has 2 heterocycles. The van der Waals surface area contributed by atoms with Crippen molar-refractivity contribution in [3.63, 3.8) is 0 Å². The average Bonchev–Trinajstić information content (AvgIpc) is 2.67. The Balaban J connectivity index is 2.13. The van der Waals surface area contributed by atoms with Crippen LogP contribution in [0.4, 0.5) is 10.6 Å². The molecule has 0 bridgehead atoms. The van der Waals surface area contributed by atoms with Crippen LogP contribution in [-0.2, 0) is 4.79 Å². The standard InChI is InChI=1S/C10H10N4O3/c15-9-6(3-4-11-9)5-7-1-2-8(14-13-7)12-10(16)17/h1-2,5H,3-4H2,(H,11,15)(H,12,14)(H,16,17)/b6-5+. The van der Waals surface area contributed by atoms with Gasteiger partial charge in [0.15, 0.2) is 5.82 Å². The van der Waals surface area contributed by atoms with Gasteiger partial charge >= 0.3 is 6.09 Å². The Morgan fingerprint density at radius 3 is 2.82 bits per heavy atom. The molecule has 0 aromatic carbocycles. The molecule has 2 amide bonds. The molecule has 2 rings (SSSR count). The molecule has 1 saturated heterocycles. The van der Waals surface area contributed by atoms with E-state index in [-0.39, 0.29) is 11.7 Å². The minimum absolute atomic E-state index is 0.0977. The van der Waals surface area contributed by atoms with E-state index >= 15 is 0 Å². The van der Waals surface area contributed by atoms with Gasteiger partial charge in [0.05, 0.1) is 5.69 Å². The second-order valence-corrected chi connectivity index (χ2v) is 3.45. The van der Waals surface area contributed by atoms with Gasteiger partial charge in [0, 0.05) is 12.1 Å². The smallest absolute Gasteiger partial charge is 0.410 e. The van der Waals surface area contributed by atoms with E-state index < -0.39 is 6.09 Å². The minimum atomic E-state index is -1.19. The van der Waals surface area contributed by atoms with Crippen LogP contribution in [0.1, 0.15) is 12.1 Å². The van der Waals surface area contributed by atoms with Crippen LogP contribution in [0, 0.1) is 0 Å². The van der Waals surface area contributed by atoms with Crippen molar-refractivity contribution in [3.8, 4) is 0 Å². The summed E-state index contributed by atoms with van der Waals surface area (Å²) in [5.41, 5.74) is 1.17. The highest BCUT2D eigenvalue weighted by atomic mass is 16.4. The third-order valence-corrected chi connectivity index (χ3v) is 2.21. The molecule has 0 aliphatic carbocycles. The van der Waals surface area contributed by atoms with Crippen molar-refractivity contribution in [2.24, 2.45) is 0 Å². The van der Waals surface area contributed by atoms with Crippen molar-refractivity contribution in [2.45, 2.75) is 6.42 Å². The summed E-state index contributed by atoms with van der Waals surface area (Å²) in [6, 6.07) is 3.08. The van der Waals surface area contributed by atoms with E-state index in [0.717, 1.165) is 0 Å². The number of nitrogens with one attached hydrogen (secondary N) is 2. The summed E-state index contributed by atoms with van der Waals surface area (Å²) in [5, 5.41) is 20.7. The maximum Gasteiger partial charge on any atom is 0.410 e. The number of aromatic nitrogens is 2. The Kier molecular flexibility index (Phi) is 2.99. The molecular weight excluding hydrogens is 224 g/mol. The Hall–Kier alpha value is -2.44. The fourth-order valence-corrected chi connectivity index (χ4v) is 1.45. The van der Waals surface area contributed by atoms with E-state index in [4.69, 9.17) is 5.11 Å². The number of nitrogens with zero attached hydrogens (tertiary/aromatic N) is 2. The molecule has 0 unspecified atom stereocenters. The van der Waals surface area contributed by atoms with Crippen LogP contribution in [0.15, 0.2) is 17.7 Å². The fourth-order valence-electron chi connectivity index (χ4n) is 1.45. The highest BCUT2D eigenvalue weighted by molar-refractivity contribution is 5.99. The summed E-state index contributed by atoms with van der Waals surface area (Å²) in [5.74, 6) is 0.0510. The van der Waals surface area contributed by atoms with E-state index in [2.05, 4.69) is 20.8 Å². The zero-order valence-electron chi connectivity index (χ0n) is 8.80. The number of rotatable bonds is 2. The normalized spacial score (nSPS) is 16.9. The van der Waals surface area contributed by atoms with Gasteiger partial charge in [-0.3, -0.25) is 10.1 Å². The molecule has 0 radical (unpaired) electrons. The Morgan fingerprint density at radius 2 is 2.29 bits per heavy atom. The molecule has 1 fully saturated rings. The molecule has 7 heteroatoms. The van der Waals surface area contributed by atoms with Crippen molar-refractivity contribution in [2.75, 3.05) is 11.9 Å². The quantitative estimate of drug-likeness (QED) is 0.645. The van der Waals surface area contributed by atoms with Gasteiger partial charge in [-0.2, -0.15) is 0 Å². The Bertz CT molecular complexity index is 481. The SMILES string of the molecule is O=C(O)Nc1ccc(/C=C2\CCNC2=O)nn1. The van der Waals surface area contributed by atoms with Gasteiger partial charge in [-0.25, -0.2) is 4.79 Å². The molecule has 3 N–H and O–H groups in total. The van der Waals surface area contributed by atoms with E-state index in [1.807, 2.05) is 0 Å². The fraction of sp³-hybridized carbons (Fsp3) is 0.200. The maximum atomic E-state index is 11.3. The topological polar surface area (TPSA) is 104 Å². The van der Waals surface area contributed by atoms with E-state index in [1.54, 1.807) is 12.1 Å². The van der Waals surface area contributed by atoms with E-state index in [9.17, 15) is 9.59 Å². The van der Waals surface area contributed by atoms with Crippen molar-refractivity contribution in [1.82, 2.24) is 15.5 Å². The van der Waals surface area contributed by atoms with E-state index in [1.165, 1.54) is 6.07 Å². The summed E-state index contributed by atoms with van der Waals surface area (Å²) in [7, 11) is 0. The summed E-state index contributed by atoms with van der Waals surface area (Å²) in [4.78, 5) is 21.6. The first-order chi connectivity index (χ1) is 8.15. The van der Waals surface area contributed by atoms with Gasteiger partial charge in [-0.15, -0.1) is 10.2 Å². The predicted octanol–water partition coefficient (Wildman–Crippen LogP) is 0.470. The van der Waals surface area contributed by atoms with Crippen LogP contribution < -0.4 is 10.6 Å². The lowest BCUT2D eigenvalue weighted by Gasteiger charge is -1.99. The summed E-state index contributed by atoms with van der Waals surface area (Å²) >= 11 is 0. The van der Waals surface area contributed by atoms with Gasteiger partial charge < -0.3 is 10.4 Å². The van der Waals surface area contributed by atoms with E-state index in [0.29, 0.717) is 24.2 Å². The molecule has 1 aromatic heterocycles. The molecule has 0 saturated carbocycles. The highest BCUT2D eigenvalue weighted by Gasteiger charge is 2.15. The monoisotopic (exact) mass is 234 g/mol. The molecule has 17 heavy (non-hydrogen) atoms. The summed E-state index contributed by atoms with van der Waals surface area (Å²) in [6.45, 7) is 0.636. The third-order valence-electron chi connectivity index (χ3n) is 2.21. The number of hydrogen-bond donors (Lipinski definition) is 3. The van der Waals surface area contributed by atoms with Crippen LogP contribution in [0.3, 0.4) is 0 Å². The number of amides is 2. The number of anilines is 1. The zero-order chi connectivity index (χ0) is 12.3. The van der Waals surface area contributed by atoms with Crippen molar-refractivity contribution in [3.05, 3.63) is 23.4 Å². The molecule has 0 atom stereocenters. The van der Waals surface area contributed by atoms with Gasteiger partial charge in [0.2, 0.25) is 5.91 Å². The lowest BCUT2D eigenvalue weighted by atomic mass is 10.2. The number of carbonyl (C=O) groups excluding carboxylic acids is 1. The Labute approximate surface area is 96.6 Å². The van der Waals surface area contributed by atoms with Crippen LogP contribution in [0.2, 0.25) is 0 Å². The summed E-state index contributed by atoms with van der Waals surface area (Å²) < 4.78 is 0. The first kappa shape index (κ1) is 11.1. The first-order valence-electron chi connectivity index (χ1n) is 4.97. The molecule has 1 aliphatic rings. The Morgan fingerprint density at radius 1 is 1.47 bits per heavy atom. The molecule has 7 nitrogen and oxygen atoms in total. The average molecular weight is 234 g/mol. The van der Waals surface area contributed by atoms with Crippen molar-refractivity contribution in [1.29, 1.82) is 0 Å². The molecule has 1 aliphatic heterocycles.